The number of nitrogens with zero attached hydrogens (tertiary/aromatic N) is 3. The minimum Gasteiger partial charge on any atom is -0.311 e. The van der Waals surface area contributed by atoms with E-state index in [1.807, 2.05) is 0 Å². The molecule has 1 aliphatic heterocycles. The lowest BCUT2D eigenvalue weighted by Crippen LogP contribution is -2.28. The summed E-state index contributed by atoms with van der Waals surface area (Å²) in [5.74, 6) is 1.65. The smallest absolute Gasteiger partial charge is 0.0997 e. The van der Waals surface area contributed by atoms with E-state index in [0.717, 1.165) is 31.3 Å². The molecular formula is C13H22N4. The Kier molecular flexibility index (Phi) is 2.90. The Labute approximate surface area is 103 Å². The van der Waals surface area contributed by atoms with E-state index in [2.05, 4.69) is 34.2 Å². The van der Waals surface area contributed by atoms with Gasteiger partial charge in [0.2, 0.25) is 0 Å². The zero-order valence-corrected chi connectivity index (χ0v) is 10.8. The van der Waals surface area contributed by atoms with Crippen LogP contribution in [0.4, 0.5) is 0 Å². The van der Waals surface area contributed by atoms with Crippen LogP contribution >= 0.6 is 0 Å². The second-order valence-corrected chi connectivity index (χ2v) is 5.93. The van der Waals surface area contributed by atoms with Gasteiger partial charge in [-0.1, -0.05) is 19.1 Å². The molecule has 4 nitrogen and oxygen atoms in total. The van der Waals surface area contributed by atoms with Crippen molar-refractivity contribution in [1.82, 2.24) is 20.3 Å². The van der Waals surface area contributed by atoms with Crippen LogP contribution in [0.2, 0.25) is 0 Å². The van der Waals surface area contributed by atoms with E-state index in [4.69, 9.17) is 0 Å². The topological polar surface area (TPSA) is 42.7 Å². The first-order valence-corrected chi connectivity index (χ1v) is 6.87. The van der Waals surface area contributed by atoms with Crippen molar-refractivity contribution in [2.75, 3.05) is 6.54 Å². The minimum atomic E-state index is 0.586. The van der Waals surface area contributed by atoms with Gasteiger partial charge in [0.05, 0.1) is 17.4 Å². The number of rotatable bonds is 1. The molecule has 3 rings (SSSR count). The Hall–Kier alpha value is -0.900. The number of hydrogen-bond donors (Lipinski definition) is 1. The van der Waals surface area contributed by atoms with E-state index in [-0.39, 0.29) is 0 Å². The molecule has 0 amide bonds. The van der Waals surface area contributed by atoms with Crippen molar-refractivity contribution in [3.05, 3.63) is 11.4 Å². The van der Waals surface area contributed by atoms with Gasteiger partial charge in [0, 0.05) is 19.5 Å². The van der Waals surface area contributed by atoms with Crippen LogP contribution in [0.5, 0.6) is 0 Å². The van der Waals surface area contributed by atoms with E-state index in [0.29, 0.717) is 6.04 Å². The molecule has 0 bridgehead atoms. The molecular weight excluding hydrogens is 212 g/mol. The summed E-state index contributed by atoms with van der Waals surface area (Å²) in [4.78, 5) is 0. The molecule has 0 aromatic carbocycles. The second kappa shape index (κ2) is 4.41. The Morgan fingerprint density at radius 1 is 1.18 bits per heavy atom. The zero-order chi connectivity index (χ0) is 11.8. The minimum absolute atomic E-state index is 0.586. The number of nitrogens with one attached hydrogen (secondary N) is 1. The van der Waals surface area contributed by atoms with Gasteiger partial charge in [-0.3, -0.25) is 0 Å². The van der Waals surface area contributed by atoms with Crippen LogP contribution in [0, 0.1) is 11.8 Å². The quantitative estimate of drug-likeness (QED) is 0.807. The fourth-order valence-corrected chi connectivity index (χ4v) is 3.55. The summed E-state index contributed by atoms with van der Waals surface area (Å²) >= 11 is 0. The number of hydrogen-bond acceptors (Lipinski definition) is 3. The first-order valence-electron chi connectivity index (χ1n) is 6.87. The predicted molar refractivity (Wildman–Crippen MR) is 66.6 cm³/mol. The lowest BCUT2D eigenvalue weighted by Gasteiger charge is -2.32. The largest absolute Gasteiger partial charge is 0.311 e. The van der Waals surface area contributed by atoms with Crippen LogP contribution in [-0.2, 0) is 13.0 Å². The Morgan fingerprint density at radius 3 is 2.71 bits per heavy atom. The first-order chi connectivity index (χ1) is 8.24. The first kappa shape index (κ1) is 11.2. The molecule has 2 heterocycles. The highest BCUT2D eigenvalue weighted by atomic mass is 15.4. The van der Waals surface area contributed by atoms with Crippen LogP contribution in [0.3, 0.4) is 0 Å². The summed E-state index contributed by atoms with van der Waals surface area (Å²) in [6, 6.07) is 0.586. The summed E-state index contributed by atoms with van der Waals surface area (Å²) < 4.78 is 2.24. The van der Waals surface area contributed by atoms with Crippen molar-refractivity contribution in [3.63, 3.8) is 0 Å². The van der Waals surface area contributed by atoms with Crippen LogP contribution in [0.1, 0.15) is 50.5 Å². The maximum Gasteiger partial charge on any atom is 0.0997 e. The summed E-state index contributed by atoms with van der Waals surface area (Å²) in [5.41, 5.74) is 2.55. The van der Waals surface area contributed by atoms with Crippen molar-refractivity contribution in [2.45, 2.75) is 52.1 Å². The van der Waals surface area contributed by atoms with Gasteiger partial charge in [-0.15, -0.1) is 5.10 Å². The van der Waals surface area contributed by atoms with Crippen LogP contribution < -0.4 is 5.32 Å². The van der Waals surface area contributed by atoms with Gasteiger partial charge in [0.25, 0.3) is 0 Å². The Balaban J connectivity index is 1.85. The maximum atomic E-state index is 4.42. The molecule has 4 heteroatoms. The fraction of sp³-hybridized carbons (Fsp3) is 0.846. The molecule has 1 saturated carbocycles. The SMILES string of the molecule is CC1CC(C)CC(n2nnc3c2CCNC3)C1. The average Bonchev–Trinajstić information content (AvgIpc) is 2.71. The molecule has 0 spiro atoms. The molecule has 2 unspecified atom stereocenters. The molecule has 2 aliphatic rings. The summed E-state index contributed by atoms with van der Waals surface area (Å²) in [7, 11) is 0. The molecule has 94 valence electrons. The number of aromatic nitrogens is 3. The molecule has 1 aromatic heterocycles. The van der Waals surface area contributed by atoms with E-state index >= 15 is 0 Å². The second-order valence-electron chi connectivity index (χ2n) is 5.93. The summed E-state index contributed by atoms with van der Waals surface area (Å²) in [5, 5.41) is 12.1. The molecule has 0 radical (unpaired) electrons. The van der Waals surface area contributed by atoms with E-state index < -0.39 is 0 Å². The molecule has 2 atom stereocenters. The van der Waals surface area contributed by atoms with Crippen molar-refractivity contribution in [3.8, 4) is 0 Å². The lowest BCUT2D eigenvalue weighted by atomic mass is 9.80. The lowest BCUT2D eigenvalue weighted by molar-refractivity contribution is 0.204. The molecule has 17 heavy (non-hydrogen) atoms. The van der Waals surface area contributed by atoms with Crippen molar-refractivity contribution in [2.24, 2.45) is 11.8 Å². The van der Waals surface area contributed by atoms with Crippen molar-refractivity contribution >= 4 is 0 Å². The van der Waals surface area contributed by atoms with Crippen molar-refractivity contribution in [1.29, 1.82) is 0 Å². The highest BCUT2D eigenvalue weighted by Crippen LogP contribution is 2.36. The van der Waals surface area contributed by atoms with Gasteiger partial charge >= 0.3 is 0 Å². The Morgan fingerprint density at radius 2 is 1.94 bits per heavy atom. The van der Waals surface area contributed by atoms with Crippen LogP contribution in [0.15, 0.2) is 0 Å². The summed E-state index contributed by atoms with van der Waals surface area (Å²) in [6.07, 6.45) is 5.00. The monoisotopic (exact) mass is 234 g/mol. The third-order valence-electron chi connectivity index (χ3n) is 4.20. The van der Waals surface area contributed by atoms with Gasteiger partial charge in [0.1, 0.15) is 0 Å². The van der Waals surface area contributed by atoms with Crippen molar-refractivity contribution < 1.29 is 0 Å². The molecule has 1 aliphatic carbocycles. The predicted octanol–water partition coefficient (Wildman–Crippen LogP) is 1.92. The highest BCUT2D eigenvalue weighted by Gasteiger charge is 2.28. The van der Waals surface area contributed by atoms with E-state index in [9.17, 15) is 0 Å². The highest BCUT2D eigenvalue weighted by molar-refractivity contribution is 5.14. The van der Waals surface area contributed by atoms with Crippen LogP contribution in [0.25, 0.3) is 0 Å². The van der Waals surface area contributed by atoms with Gasteiger partial charge in [-0.25, -0.2) is 4.68 Å². The molecule has 1 fully saturated rings. The number of fused-ring (bicyclic) bond motifs is 1. The van der Waals surface area contributed by atoms with Crippen LogP contribution in [-0.4, -0.2) is 21.5 Å². The van der Waals surface area contributed by atoms with Gasteiger partial charge in [-0.05, 0) is 31.1 Å². The summed E-state index contributed by atoms with van der Waals surface area (Å²) in [6.45, 7) is 6.70. The average molecular weight is 234 g/mol. The van der Waals surface area contributed by atoms with Gasteiger partial charge < -0.3 is 5.32 Å². The molecule has 1 aromatic rings. The van der Waals surface area contributed by atoms with E-state index in [1.54, 1.807) is 0 Å². The fourth-order valence-electron chi connectivity index (χ4n) is 3.55. The van der Waals surface area contributed by atoms with Gasteiger partial charge in [0.15, 0.2) is 0 Å². The zero-order valence-electron chi connectivity index (χ0n) is 10.8. The Bertz CT molecular complexity index is 388. The van der Waals surface area contributed by atoms with Gasteiger partial charge in [-0.2, -0.15) is 0 Å². The molecule has 1 N–H and O–H groups in total. The third-order valence-corrected chi connectivity index (χ3v) is 4.20. The maximum absolute atomic E-state index is 4.42. The third kappa shape index (κ3) is 2.10. The normalized spacial score (nSPS) is 33.4. The standard InChI is InChI=1S/C13H22N4/c1-9-5-10(2)7-11(6-9)17-13-3-4-14-8-12(13)15-16-17/h9-11,14H,3-8H2,1-2H3. The molecule has 0 saturated heterocycles. The van der Waals surface area contributed by atoms with E-state index in [1.165, 1.54) is 30.7 Å².